The molecule has 0 bridgehead atoms. The Balaban J connectivity index is 0.00000128. The van der Waals surface area contributed by atoms with Crippen LogP contribution >= 0.6 is 24.0 Å². The molecule has 0 saturated heterocycles. The molecule has 4 heteroatoms. The summed E-state index contributed by atoms with van der Waals surface area (Å²) in [5.41, 5.74) is 0. The highest BCUT2D eigenvalue weighted by Gasteiger charge is 2.18. The van der Waals surface area contributed by atoms with Crippen molar-refractivity contribution in [3.05, 3.63) is 12.2 Å². The summed E-state index contributed by atoms with van der Waals surface area (Å²) in [5.74, 6) is 1.85. The van der Waals surface area contributed by atoms with Gasteiger partial charge in [0.25, 0.3) is 0 Å². The van der Waals surface area contributed by atoms with E-state index in [4.69, 9.17) is 0 Å². The highest BCUT2D eigenvalue weighted by atomic mass is 127. The fourth-order valence-electron chi connectivity index (χ4n) is 2.06. The summed E-state index contributed by atoms with van der Waals surface area (Å²) in [7, 11) is 1.85. The number of nitrogens with one attached hydrogen (secondary N) is 2. The zero-order valence-electron chi connectivity index (χ0n) is 9.91. The zero-order valence-corrected chi connectivity index (χ0v) is 12.2. The van der Waals surface area contributed by atoms with Gasteiger partial charge in [-0.15, -0.1) is 24.0 Å². The van der Waals surface area contributed by atoms with E-state index < -0.39 is 0 Å². The Kier molecular flexibility index (Phi) is 6.16. The first-order chi connectivity index (χ1) is 7.38. The van der Waals surface area contributed by atoms with Crippen LogP contribution in [-0.2, 0) is 0 Å². The van der Waals surface area contributed by atoms with Gasteiger partial charge in [0.05, 0.1) is 0 Å². The summed E-state index contributed by atoms with van der Waals surface area (Å²) < 4.78 is 0. The molecule has 2 N–H and O–H groups in total. The number of nitrogens with zero attached hydrogens (tertiary/aromatic N) is 1. The van der Waals surface area contributed by atoms with Gasteiger partial charge in [-0.1, -0.05) is 18.6 Å². The van der Waals surface area contributed by atoms with Crippen molar-refractivity contribution in [3.8, 4) is 0 Å². The summed E-state index contributed by atoms with van der Waals surface area (Å²) >= 11 is 0. The number of guanidine groups is 1. The topological polar surface area (TPSA) is 36.4 Å². The van der Waals surface area contributed by atoms with E-state index >= 15 is 0 Å². The Morgan fingerprint density at radius 2 is 2.00 bits per heavy atom. The van der Waals surface area contributed by atoms with E-state index in [9.17, 15) is 0 Å². The normalized spacial score (nSPS) is 21.4. The first-order valence-corrected chi connectivity index (χ1v) is 6.00. The molecule has 92 valence electrons. The molecule has 0 amide bonds. The Hall–Kier alpha value is -0.260. The fourth-order valence-corrected chi connectivity index (χ4v) is 2.06. The molecule has 0 aromatic heterocycles. The third-order valence-electron chi connectivity index (χ3n) is 3.36. The number of rotatable bonds is 3. The van der Waals surface area contributed by atoms with Gasteiger partial charge < -0.3 is 10.6 Å². The number of aliphatic imine (C=N–C) groups is 1. The van der Waals surface area contributed by atoms with Gasteiger partial charge in [0.2, 0.25) is 0 Å². The standard InChI is InChI=1S/C12H21N3.HI/c1-13-12(14-9-10-5-4-6-10)15-11-7-2-3-8-11;/h2-3,10-11H,4-9H2,1H3,(H2,13,14,15);1H. The predicted octanol–water partition coefficient (Wildman–Crippen LogP) is 2.29. The van der Waals surface area contributed by atoms with Gasteiger partial charge in [0, 0.05) is 19.6 Å². The molecule has 0 spiro atoms. The van der Waals surface area contributed by atoms with Crippen molar-refractivity contribution in [1.29, 1.82) is 0 Å². The van der Waals surface area contributed by atoms with E-state index in [1.807, 2.05) is 7.05 Å². The molecule has 2 aliphatic carbocycles. The average molecular weight is 335 g/mol. The van der Waals surface area contributed by atoms with Crippen molar-refractivity contribution in [2.45, 2.75) is 38.1 Å². The minimum atomic E-state index is 0. The first-order valence-electron chi connectivity index (χ1n) is 6.00. The van der Waals surface area contributed by atoms with Crippen LogP contribution in [0, 0.1) is 5.92 Å². The average Bonchev–Trinajstić information content (AvgIpc) is 2.66. The quantitative estimate of drug-likeness (QED) is 0.359. The van der Waals surface area contributed by atoms with Crippen molar-refractivity contribution in [2.75, 3.05) is 13.6 Å². The van der Waals surface area contributed by atoms with Gasteiger partial charge in [-0.3, -0.25) is 4.99 Å². The maximum Gasteiger partial charge on any atom is 0.191 e. The Bertz CT molecular complexity index is 251. The lowest BCUT2D eigenvalue weighted by molar-refractivity contribution is 0.314. The summed E-state index contributed by atoms with van der Waals surface area (Å²) in [6, 6.07) is 0.553. The molecule has 0 aliphatic heterocycles. The fraction of sp³-hybridized carbons (Fsp3) is 0.750. The SMILES string of the molecule is CN=C(NCC1CCC1)NC1CC=CC1.I. The van der Waals surface area contributed by atoms with Gasteiger partial charge in [-0.2, -0.15) is 0 Å². The molecule has 1 saturated carbocycles. The van der Waals surface area contributed by atoms with E-state index in [0.717, 1.165) is 31.3 Å². The van der Waals surface area contributed by atoms with Gasteiger partial charge in [0.1, 0.15) is 0 Å². The molecule has 2 aliphatic rings. The van der Waals surface area contributed by atoms with Gasteiger partial charge in [-0.25, -0.2) is 0 Å². The summed E-state index contributed by atoms with van der Waals surface area (Å²) in [6.45, 7) is 1.08. The summed E-state index contributed by atoms with van der Waals surface area (Å²) in [6.07, 6.45) is 10.9. The number of hydrogen-bond donors (Lipinski definition) is 2. The van der Waals surface area contributed by atoms with Crippen LogP contribution in [0.15, 0.2) is 17.1 Å². The van der Waals surface area contributed by atoms with Crippen LogP contribution in [0.4, 0.5) is 0 Å². The second kappa shape index (κ2) is 7.14. The van der Waals surface area contributed by atoms with Crippen molar-refractivity contribution in [1.82, 2.24) is 10.6 Å². The van der Waals surface area contributed by atoms with E-state index in [2.05, 4.69) is 27.8 Å². The Morgan fingerprint density at radius 1 is 1.31 bits per heavy atom. The lowest BCUT2D eigenvalue weighted by Gasteiger charge is -2.27. The van der Waals surface area contributed by atoms with E-state index in [-0.39, 0.29) is 24.0 Å². The van der Waals surface area contributed by atoms with Gasteiger partial charge >= 0.3 is 0 Å². The smallest absolute Gasteiger partial charge is 0.191 e. The highest BCUT2D eigenvalue weighted by molar-refractivity contribution is 14.0. The third kappa shape index (κ3) is 3.96. The third-order valence-corrected chi connectivity index (χ3v) is 3.36. The number of hydrogen-bond acceptors (Lipinski definition) is 1. The Morgan fingerprint density at radius 3 is 2.50 bits per heavy atom. The minimum Gasteiger partial charge on any atom is -0.356 e. The molecule has 3 nitrogen and oxygen atoms in total. The van der Waals surface area contributed by atoms with Crippen LogP contribution < -0.4 is 10.6 Å². The maximum absolute atomic E-state index is 4.25. The molecular weight excluding hydrogens is 313 g/mol. The maximum atomic E-state index is 4.25. The second-order valence-corrected chi connectivity index (χ2v) is 4.53. The predicted molar refractivity (Wildman–Crippen MR) is 79.4 cm³/mol. The van der Waals surface area contributed by atoms with Gasteiger partial charge in [-0.05, 0) is 31.6 Å². The van der Waals surface area contributed by atoms with Crippen molar-refractivity contribution >= 4 is 29.9 Å². The zero-order chi connectivity index (χ0) is 10.5. The lowest BCUT2D eigenvalue weighted by Crippen LogP contribution is -2.44. The Labute approximate surface area is 115 Å². The van der Waals surface area contributed by atoms with Gasteiger partial charge in [0.15, 0.2) is 5.96 Å². The van der Waals surface area contributed by atoms with Crippen LogP contribution in [0.1, 0.15) is 32.1 Å². The monoisotopic (exact) mass is 335 g/mol. The minimum absolute atomic E-state index is 0. The van der Waals surface area contributed by atoms with Crippen molar-refractivity contribution in [3.63, 3.8) is 0 Å². The van der Waals surface area contributed by atoms with Crippen LogP contribution in [0.25, 0.3) is 0 Å². The molecule has 0 aromatic rings. The van der Waals surface area contributed by atoms with Crippen LogP contribution in [0.2, 0.25) is 0 Å². The molecule has 16 heavy (non-hydrogen) atoms. The van der Waals surface area contributed by atoms with E-state index in [1.165, 1.54) is 19.3 Å². The summed E-state index contributed by atoms with van der Waals surface area (Å²) in [5, 5.41) is 6.85. The molecule has 0 aromatic carbocycles. The lowest BCUT2D eigenvalue weighted by atomic mass is 9.85. The van der Waals surface area contributed by atoms with Crippen LogP contribution in [0.5, 0.6) is 0 Å². The number of halogens is 1. The van der Waals surface area contributed by atoms with E-state index in [0.29, 0.717) is 6.04 Å². The summed E-state index contributed by atoms with van der Waals surface area (Å²) in [4.78, 5) is 4.25. The van der Waals surface area contributed by atoms with Crippen molar-refractivity contribution in [2.24, 2.45) is 10.9 Å². The highest BCUT2D eigenvalue weighted by Crippen LogP contribution is 2.25. The second-order valence-electron chi connectivity index (χ2n) is 4.53. The molecule has 0 heterocycles. The van der Waals surface area contributed by atoms with E-state index in [1.54, 1.807) is 0 Å². The van der Waals surface area contributed by atoms with Crippen LogP contribution in [0.3, 0.4) is 0 Å². The largest absolute Gasteiger partial charge is 0.356 e. The molecule has 0 unspecified atom stereocenters. The first kappa shape index (κ1) is 13.8. The molecule has 1 fully saturated rings. The molecule has 2 rings (SSSR count). The molecular formula is C12H22IN3. The molecule has 0 radical (unpaired) electrons. The van der Waals surface area contributed by atoms with Crippen LogP contribution in [-0.4, -0.2) is 25.6 Å². The molecule has 0 atom stereocenters. The van der Waals surface area contributed by atoms with Crippen molar-refractivity contribution < 1.29 is 0 Å².